The first-order valence-electron chi connectivity index (χ1n) is 8.28. The van der Waals surface area contributed by atoms with E-state index in [1.54, 1.807) is 0 Å². The minimum absolute atomic E-state index is 0.210. The molecule has 2 aromatic rings. The van der Waals surface area contributed by atoms with Crippen LogP contribution in [0.1, 0.15) is 31.8 Å². The van der Waals surface area contributed by atoms with E-state index in [9.17, 15) is 61.9 Å². The summed E-state index contributed by atoms with van der Waals surface area (Å²) in [5, 5.41) is 0. The zero-order valence-electron chi connectivity index (χ0n) is 16.4. The summed E-state index contributed by atoms with van der Waals surface area (Å²) in [5.74, 6) is -20.1. The predicted octanol–water partition coefficient (Wildman–Crippen LogP) is 3.30. The zero-order chi connectivity index (χ0) is 27.2. The predicted molar refractivity (Wildman–Crippen MR) is 102 cm³/mol. The molecule has 9 nitrogen and oxygen atoms in total. The number of hydrogen-bond acceptors (Lipinski definition) is 7. The largest absolute Gasteiger partial charge is 0.385 e. The summed E-state index contributed by atoms with van der Waals surface area (Å²) in [4.78, 5) is 20.6. The molecule has 0 atom stereocenters. The van der Waals surface area contributed by atoms with Crippen molar-refractivity contribution in [2.75, 3.05) is 0 Å². The van der Waals surface area contributed by atoms with E-state index in [2.05, 4.69) is 17.9 Å². The van der Waals surface area contributed by atoms with Crippen LogP contribution in [0.4, 0.5) is 26.3 Å². The van der Waals surface area contributed by atoms with E-state index >= 15 is 0 Å². The third-order valence-corrected chi connectivity index (χ3v) is 6.02. The van der Waals surface area contributed by atoms with E-state index in [-0.39, 0.29) is 12.2 Å². The molecule has 0 aliphatic rings. The molecule has 0 aliphatic carbocycles. The van der Waals surface area contributed by atoms with Crippen molar-refractivity contribution < 1.29 is 66.6 Å². The van der Waals surface area contributed by atoms with E-state index in [1.807, 2.05) is 0 Å². The molecule has 35 heavy (non-hydrogen) atoms. The maximum atomic E-state index is 14.3. The van der Waals surface area contributed by atoms with E-state index in [0.29, 0.717) is 0 Å². The minimum atomic E-state index is -5.81. The third-order valence-electron chi connectivity index (χ3n) is 4.14. The maximum absolute atomic E-state index is 14.3. The van der Waals surface area contributed by atoms with Gasteiger partial charge in [0.1, 0.15) is 20.9 Å². The Morgan fingerprint density at radius 1 is 0.629 bits per heavy atom. The molecule has 0 heterocycles. The Labute approximate surface area is 191 Å². The monoisotopic (exact) mass is 546 g/mol. The lowest BCUT2D eigenvalue weighted by molar-refractivity contribution is 0.0382. The fourth-order valence-electron chi connectivity index (χ4n) is 2.77. The van der Waals surface area contributed by atoms with Gasteiger partial charge in [0.05, 0.1) is 0 Å². The second kappa shape index (κ2) is 9.25. The normalized spacial score (nSPS) is 11.8. The molecule has 0 saturated heterocycles. The highest BCUT2D eigenvalue weighted by molar-refractivity contribution is 7.86. The standard InChI is InChI=1S/C18H8F6O9S2/c1-3-5-9(19)13(23)11(21)7(15(5)34(27,28)29)17(25)33-18(26)8-12(22)14(24)10(20)6(4-2)16(8)35(30,31)32/h3-4H,1-2H2,(H,27,28,29)(H,30,31,32). The molecule has 0 aliphatic heterocycles. The first-order chi connectivity index (χ1) is 15.9. The lowest BCUT2D eigenvalue weighted by Gasteiger charge is -2.14. The Balaban J connectivity index is 2.88. The molecular formula is C18H8F6O9S2. The average molecular weight is 546 g/mol. The molecule has 0 fully saturated rings. The lowest BCUT2D eigenvalue weighted by atomic mass is 10.1. The van der Waals surface area contributed by atoms with E-state index < -0.39 is 99.1 Å². The van der Waals surface area contributed by atoms with Gasteiger partial charge in [-0.3, -0.25) is 9.11 Å². The van der Waals surface area contributed by atoms with Crippen LogP contribution in [0, 0.1) is 34.9 Å². The quantitative estimate of drug-likeness (QED) is 0.183. The van der Waals surface area contributed by atoms with Crippen LogP contribution >= 0.6 is 0 Å². The molecule has 2 rings (SSSR count). The van der Waals surface area contributed by atoms with Crippen molar-refractivity contribution in [1.82, 2.24) is 0 Å². The second-order valence-corrected chi connectivity index (χ2v) is 8.87. The van der Waals surface area contributed by atoms with Gasteiger partial charge in [0.15, 0.2) is 34.9 Å². The van der Waals surface area contributed by atoms with Crippen molar-refractivity contribution in [3.05, 3.63) is 70.3 Å². The van der Waals surface area contributed by atoms with Crippen LogP contribution in [0.5, 0.6) is 0 Å². The van der Waals surface area contributed by atoms with Gasteiger partial charge in [-0.1, -0.05) is 25.3 Å². The molecule has 0 spiro atoms. The Morgan fingerprint density at radius 2 is 0.914 bits per heavy atom. The van der Waals surface area contributed by atoms with Gasteiger partial charge in [0.25, 0.3) is 20.2 Å². The minimum Gasteiger partial charge on any atom is -0.385 e. The fraction of sp³-hybridized carbons (Fsp3) is 0. The molecule has 17 heteroatoms. The third kappa shape index (κ3) is 4.70. The van der Waals surface area contributed by atoms with Crippen LogP contribution in [0.25, 0.3) is 12.2 Å². The number of rotatable bonds is 6. The number of ether oxygens (including phenoxy) is 1. The smallest absolute Gasteiger partial charge is 0.350 e. The molecule has 0 amide bonds. The van der Waals surface area contributed by atoms with Gasteiger partial charge >= 0.3 is 11.9 Å². The Kier molecular flexibility index (Phi) is 7.32. The van der Waals surface area contributed by atoms with Crippen molar-refractivity contribution in [3.63, 3.8) is 0 Å². The Bertz CT molecular complexity index is 1430. The average Bonchev–Trinajstić information content (AvgIpc) is 2.73. The van der Waals surface area contributed by atoms with Crippen molar-refractivity contribution in [2.45, 2.75) is 9.79 Å². The molecule has 0 radical (unpaired) electrons. The highest BCUT2D eigenvalue weighted by atomic mass is 32.2. The Morgan fingerprint density at radius 3 is 1.14 bits per heavy atom. The molecule has 2 N–H and O–H groups in total. The number of hydrogen-bond donors (Lipinski definition) is 2. The number of esters is 2. The van der Waals surface area contributed by atoms with E-state index in [1.165, 1.54) is 0 Å². The van der Waals surface area contributed by atoms with Crippen molar-refractivity contribution in [1.29, 1.82) is 0 Å². The molecule has 188 valence electrons. The first-order valence-corrected chi connectivity index (χ1v) is 11.2. The van der Waals surface area contributed by atoms with Gasteiger partial charge in [-0.2, -0.15) is 16.8 Å². The Hall–Kier alpha value is -3.54. The van der Waals surface area contributed by atoms with Gasteiger partial charge in [-0.05, 0) is 0 Å². The van der Waals surface area contributed by atoms with Gasteiger partial charge in [0.2, 0.25) is 0 Å². The molecule has 0 aromatic heterocycles. The van der Waals surface area contributed by atoms with Crippen LogP contribution in [-0.4, -0.2) is 37.9 Å². The number of halogens is 6. The van der Waals surface area contributed by atoms with E-state index in [0.717, 1.165) is 0 Å². The summed E-state index contributed by atoms with van der Waals surface area (Å²) in [6.45, 7) is 5.76. The van der Waals surface area contributed by atoms with Crippen molar-refractivity contribution in [3.8, 4) is 0 Å². The molecule has 2 aromatic carbocycles. The van der Waals surface area contributed by atoms with Crippen LogP contribution in [0.3, 0.4) is 0 Å². The topological polar surface area (TPSA) is 152 Å². The first kappa shape index (κ1) is 27.7. The summed E-state index contributed by atoms with van der Waals surface area (Å²) < 4.78 is 153. The van der Waals surface area contributed by atoms with Gasteiger partial charge in [-0.25, -0.2) is 35.9 Å². The van der Waals surface area contributed by atoms with Gasteiger partial charge in [-0.15, -0.1) is 0 Å². The van der Waals surface area contributed by atoms with Gasteiger partial charge < -0.3 is 4.74 Å². The highest BCUT2D eigenvalue weighted by Crippen LogP contribution is 2.33. The summed E-state index contributed by atoms with van der Waals surface area (Å²) >= 11 is 0. The van der Waals surface area contributed by atoms with Crippen molar-refractivity contribution in [2.24, 2.45) is 0 Å². The van der Waals surface area contributed by atoms with Crippen LogP contribution in [-0.2, 0) is 25.0 Å². The number of benzene rings is 2. The molecule has 0 unspecified atom stereocenters. The van der Waals surface area contributed by atoms with Crippen molar-refractivity contribution >= 4 is 44.3 Å². The zero-order valence-corrected chi connectivity index (χ0v) is 18.0. The molecule has 0 bridgehead atoms. The number of carbonyl (C=O) groups excluding carboxylic acids is 2. The fourth-order valence-corrected chi connectivity index (χ4v) is 4.53. The van der Waals surface area contributed by atoms with E-state index in [4.69, 9.17) is 0 Å². The highest BCUT2D eigenvalue weighted by Gasteiger charge is 2.39. The van der Waals surface area contributed by atoms with Crippen LogP contribution < -0.4 is 0 Å². The summed E-state index contributed by atoms with van der Waals surface area (Å²) in [5.41, 5.74) is -7.38. The summed E-state index contributed by atoms with van der Waals surface area (Å²) in [6.07, 6.45) is 0.419. The summed E-state index contributed by atoms with van der Waals surface area (Å²) in [7, 11) is -11.6. The summed E-state index contributed by atoms with van der Waals surface area (Å²) in [6, 6.07) is 0. The number of carbonyl (C=O) groups is 2. The molecule has 0 saturated carbocycles. The van der Waals surface area contributed by atoms with Gasteiger partial charge in [0, 0.05) is 11.1 Å². The lowest BCUT2D eigenvalue weighted by Crippen LogP contribution is -2.24. The maximum Gasteiger partial charge on any atom is 0.350 e. The SMILES string of the molecule is C=Cc1c(F)c(F)c(F)c(C(=O)OC(=O)c2c(F)c(F)c(F)c(C=C)c2S(=O)(=O)O)c1S(=O)(=O)O. The van der Waals surface area contributed by atoms with Crippen LogP contribution in [0.2, 0.25) is 0 Å². The molecular weight excluding hydrogens is 538 g/mol. The second-order valence-electron chi connectivity index (χ2n) is 6.15. The van der Waals surface area contributed by atoms with Crippen LogP contribution in [0.15, 0.2) is 22.9 Å².